The third kappa shape index (κ3) is 9.78. The minimum Gasteiger partial charge on any atom is -0.430 e. The molecule has 0 aromatic heterocycles. The number of carbonyl (C=O) groups is 3. The highest BCUT2D eigenvalue weighted by Crippen LogP contribution is 2.52. The van der Waals surface area contributed by atoms with Gasteiger partial charge in [0.1, 0.15) is 22.1 Å². The van der Waals surface area contributed by atoms with E-state index in [9.17, 15) is 14.4 Å². The van der Waals surface area contributed by atoms with Crippen LogP contribution in [0, 0.1) is 0 Å². The molecule has 1 aliphatic rings. The zero-order valence-electron chi connectivity index (χ0n) is 28.0. The Labute approximate surface area is 404 Å². The van der Waals surface area contributed by atoms with Gasteiger partial charge in [-0.1, -0.05) is 198 Å². The van der Waals surface area contributed by atoms with Gasteiger partial charge in [-0.2, -0.15) is 0 Å². The molecule has 310 valence electrons. The largest absolute Gasteiger partial charge is 0.430 e. The molecule has 0 amide bonds. The molecule has 0 saturated carbocycles. The van der Waals surface area contributed by atoms with E-state index in [2.05, 4.69) is 5.48 Å². The van der Waals surface area contributed by atoms with Crippen LogP contribution in [0.15, 0.2) is 24.3 Å². The van der Waals surface area contributed by atoms with Crippen molar-refractivity contribution in [3.63, 3.8) is 0 Å². The van der Waals surface area contributed by atoms with Gasteiger partial charge in [0.2, 0.25) is 0 Å². The standard InChI is InChI=1S/C34H18Cl15N3O6/c35-14-13(15(36)17(38)18(39)16(14)37)10-5-2-1-4-9(10)8-11(50)32(53)58-51-31(34(55)56-30-27(48)23(44)20(41)24(45)28(30)49)57-33(54)12-6-3-7-52(12)29-25(46)21(42)19(40)22(43)26(29)47/h1-2,4-5,11-12,31,51H,3,6-8,50H2. The first kappa shape index (κ1) is 48.4. The van der Waals surface area contributed by atoms with E-state index >= 15 is 0 Å². The molecule has 1 heterocycles. The maximum Gasteiger partial charge on any atom is 0.371 e. The Kier molecular flexibility index (Phi) is 16.9. The first-order valence-electron chi connectivity index (χ1n) is 15.7. The van der Waals surface area contributed by atoms with Crippen molar-refractivity contribution < 1.29 is 28.7 Å². The number of esters is 2. The highest BCUT2D eigenvalue weighted by atomic mass is 35.5. The van der Waals surface area contributed by atoms with Crippen molar-refractivity contribution in [3.8, 4) is 16.9 Å². The minimum atomic E-state index is -2.22. The van der Waals surface area contributed by atoms with Gasteiger partial charge in [-0.15, -0.1) is 5.48 Å². The van der Waals surface area contributed by atoms with Crippen molar-refractivity contribution >= 4 is 198 Å². The molecule has 0 aliphatic carbocycles. The summed E-state index contributed by atoms with van der Waals surface area (Å²) in [5, 5.41) is -2.48. The molecule has 4 aromatic rings. The zero-order valence-corrected chi connectivity index (χ0v) is 39.4. The molecule has 0 bridgehead atoms. The highest BCUT2D eigenvalue weighted by molar-refractivity contribution is 6.58. The van der Waals surface area contributed by atoms with Crippen LogP contribution >= 0.6 is 174 Å². The average Bonchev–Trinajstić information content (AvgIpc) is 3.69. The fourth-order valence-corrected chi connectivity index (χ4v) is 9.45. The van der Waals surface area contributed by atoms with Crippen LogP contribution in [-0.2, 0) is 30.4 Å². The number of anilines is 1. The van der Waals surface area contributed by atoms with E-state index in [0.29, 0.717) is 17.5 Å². The number of halogens is 15. The molecule has 1 saturated heterocycles. The van der Waals surface area contributed by atoms with Crippen molar-refractivity contribution in [1.29, 1.82) is 0 Å². The van der Waals surface area contributed by atoms with Crippen LogP contribution in [0.3, 0.4) is 0 Å². The number of hydroxylamine groups is 1. The molecule has 5 rings (SSSR count). The van der Waals surface area contributed by atoms with Gasteiger partial charge in [0.15, 0.2) is 5.75 Å². The molecule has 0 radical (unpaired) electrons. The third-order valence-corrected chi connectivity index (χ3v) is 15.1. The highest BCUT2D eigenvalue weighted by Gasteiger charge is 2.40. The number of ether oxygens (including phenoxy) is 2. The summed E-state index contributed by atoms with van der Waals surface area (Å²) in [6.45, 7) is 0.208. The topological polar surface area (TPSA) is 120 Å². The predicted octanol–water partition coefficient (Wildman–Crippen LogP) is 14.2. The van der Waals surface area contributed by atoms with E-state index in [4.69, 9.17) is 194 Å². The number of hydrogen-bond acceptors (Lipinski definition) is 9. The summed E-state index contributed by atoms with van der Waals surface area (Å²) in [7, 11) is 0. The summed E-state index contributed by atoms with van der Waals surface area (Å²) >= 11 is 94.4. The lowest BCUT2D eigenvalue weighted by Crippen LogP contribution is -2.49. The molecule has 4 aromatic carbocycles. The molecule has 58 heavy (non-hydrogen) atoms. The Balaban J connectivity index is 1.42. The fraction of sp³-hybridized carbons (Fsp3) is 0.206. The minimum absolute atomic E-state index is 0.00870. The van der Waals surface area contributed by atoms with Gasteiger partial charge in [0.25, 0.3) is 6.23 Å². The van der Waals surface area contributed by atoms with Gasteiger partial charge in [-0.25, -0.2) is 14.4 Å². The second-order valence-electron chi connectivity index (χ2n) is 11.9. The Morgan fingerprint density at radius 3 is 1.66 bits per heavy atom. The van der Waals surface area contributed by atoms with E-state index in [1.54, 1.807) is 24.3 Å². The number of benzene rings is 4. The first-order valence-corrected chi connectivity index (χ1v) is 21.4. The van der Waals surface area contributed by atoms with Crippen molar-refractivity contribution in [2.24, 2.45) is 5.73 Å². The van der Waals surface area contributed by atoms with Crippen LogP contribution in [-0.4, -0.2) is 42.8 Å². The van der Waals surface area contributed by atoms with Gasteiger partial charge >= 0.3 is 17.9 Å². The van der Waals surface area contributed by atoms with Gasteiger partial charge in [0.05, 0.1) is 71.0 Å². The Morgan fingerprint density at radius 1 is 0.655 bits per heavy atom. The third-order valence-electron chi connectivity index (χ3n) is 8.32. The Bertz CT molecular complexity index is 2260. The monoisotopic (exact) mass is 1090 g/mol. The van der Waals surface area contributed by atoms with Crippen molar-refractivity contribution in [1.82, 2.24) is 5.48 Å². The van der Waals surface area contributed by atoms with E-state index in [0.717, 1.165) is 0 Å². The maximum atomic E-state index is 13.8. The molecular formula is C34H18Cl15N3O6. The normalized spacial score (nSPS) is 15.0. The quantitative estimate of drug-likeness (QED) is 0.0378. The number of nitrogens with two attached hydrogens (primary N) is 1. The molecule has 3 N–H and O–H groups in total. The van der Waals surface area contributed by atoms with E-state index < -0.39 is 52.0 Å². The average molecular weight is 1100 g/mol. The van der Waals surface area contributed by atoms with Crippen molar-refractivity contribution in [2.45, 2.75) is 37.6 Å². The SMILES string of the molecule is NC(Cc1ccccc1-c1c(Cl)c(Cl)c(Cl)c(Cl)c1Cl)C(=O)ONC(OC(=O)C1CCCN1c1c(Cl)c(Cl)c(Cl)c(Cl)c1Cl)C(=O)Oc1c(Cl)c(Cl)c(Cl)c(Cl)c1Cl. The zero-order chi connectivity index (χ0) is 43.1. The summed E-state index contributed by atoms with van der Waals surface area (Å²) in [6.07, 6.45) is -1.85. The number of nitrogens with one attached hydrogen (secondary N) is 1. The second kappa shape index (κ2) is 20.2. The Hall–Kier alpha value is -0.640. The van der Waals surface area contributed by atoms with Gasteiger partial charge < -0.3 is 24.9 Å². The predicted molar refractivity (Wildman–Crippen MR) is 237 cm³/mol. The molecule has 3 unspecified atom stereocenters. The molecule has 3 atom stereocenters. The molecule has 0 spiro atoms. The van der Waals surface area contributed by atoms with Gasteiger partial charge in [0, 0.05) is 12.1 Å². The lowest BCUT2D eigenvalue weighted by Gasteiger charge is -2.29. The van der Waals surface area contributed by atoms with E-state index in [-0.39, 0.29) is 95.9 Å². The number of carbonyl (C=O) groups excluding carboxylic acids is 3. The van der Waals surface area contributed by atoms with Crippen LogP contribution in [0.2, 0.25) is 75.3 Å². The van der Waals surface area contributed by atoms with Crippen LogP contribution < -0.4 is 20.9 Å². The van der Waals surface area contributed by atoms with Gasteiger partial charge in [-0.05, 0) is 30.4 Å². The lowest BCUT2D eigenvalue weighted by atomic mass is 9.95. The maximum absolute atomic E-state index is 13.8. The molecule has 1 fully saturated rings. The smallest absolute Gasteiger partial charge is 0.371 e. The Morgan fingerprint density at radius 2 is 1.12 bits per heavy atom. The van der Waals surface area contributed by atoms with Crippen molar-refractivity contribution in [3.05, 3.63) is 105 Å². The summed E-state index contributed by atoms with van der Waals surface area (Å²) < 4.78 is 10.9. The number of nitrogens with zero attached hydrogens (tertiary/aromatic N) is 1. The fourth-order valence-electron chi connectivity index (χ4n) is 5.56. The van der Waals surface area contributed by atoms with Crippen LogP contribution in [0.4, 0.5) is 5.69 Å². The molecule has 9 nitrogen and oxygen atoms in total. The van der Waals surface area contributed by atoms with E-state index in [1.165, 1.54) is 4.90 Å². The van der Waals surface area contributed by atoms with Gasteiger partial charge in [-0.3, -0.25) is 0 Å². The van der Waals surface area contributed by atoms with E-state index in [1.807, 2.05) is 0 Å². The number of rotatable bonds is 11. The van der Waals surface area contributed by atoms with Crippen LogP contribution in [0.5, 0.6) is 5.75 Å². The second-order valence-corrected chi connectivity index (χ2v) is 17.5. The number of hydrogen-bond donors (Lipinski definition) is 2. The summed E-state index contributed by atoms with van der Waals surface area (Å²) in [6, 6.07) is 3.99. The summed E-state index contributed by atoms with van der Waals surface area (Å²) in [4.78, 5) is 47.5. The lowest BCUT2D eigenvalue weighted by molar-refractivity contribution is -0.183. The molecule has 1 aliphatic heterocycles. The summed E-state index contributed by atoms with van der Waals surface area (Å²) in [5.41, 5.74) is 9.48. The van der Waals surface area contributed by atoms with Crippen molar-refractivity contribution in [2.75, 3.05) is 11.4 Å². The summed E-state index contributed by atoms with van der Waals surface area (Å²) in [5.74, 6) is -4.21. The molecule has 24 heteroatoms. The van der Waals surface area contributed by atoms with Crippen LogP contribution in [0.25, 0.3) is 11.1 Å². The first-order chi connectivity index (χ1) is 27.2. The molecular weight excluding hydrogens is 1080 g/mol. The van der Waals surface area contributed by atoms with Crippen LogP contribution in [0.1, 0.15) is 18.4 Å².